The summed E-state index contributed by atoms with van der Waals surface area (Å²) in [4.78, 5) is 12.2. The number of rotatable bonds is 6. The minimum absolute atomic E-state index is 0.174. The van der Waals surface area contributed by atoms with Crippen molar-refractivity contribution < 1.29 is 13.2 Å². The Morgan fingerprint density at radius 1 is 1.22 bits per heavy atom. The molecule has 5 nitrogen and oxygen atoms in total. The first-order valence-electron chi connectivity index (χ1n) is 7.86. The molecule has 23 heavy (non-hydrogen) atoms. The Balaban J connectivity index is 1.97. The number of halogens is 1. The molecule has 0 saturated heterocycles. The van der Waals surface area contributed by atoms with Gasteiger partial charge in [-0.1, -0.05) is 19.3 Å². The van der Waals surface area contributed by atoms with Gasteiger partial charge >= 0.3 is 0 Å². The number of amides is 1. The number of hydrogen-bond donors (Lipinski definition) is 1. The van der Waals surface area contributed by atoms with E-state index >= 15 is 0 Å². The van der Waals surface area contributed by atoms with E-state index in [2.05, 4.69) is 27.9 Å². The summed E-state index contributed by atoms with van der Waals surface area (Å²) in [5, 5.41) is 2.89. The summed E-state index contributed by atoms with van der Waals surface area (Å²) in [6, 6.07) is 7.09. The van der Waals surface area contributed by atoms with Crippen LogP contribution in [0, 0.1) is 9.49 Å². The average Bonchev–Trinajstić information content (AvgIpc) is 2.52. The SMILES string of the molecule is CS(=O)(=O)N(CC(=O)NCC1CCCCC1)c1ccc(I)cc1. The van der Waals surface area contributed by atoms with Gasteiger partial charge in [0.1, 0.15) is 6.54 Å². The van der Waals surface area contributed by atoms with E-state index in [1.54, 1.807) is 12.1 Å². The number of hydrogen-bond acceptors (Lipinski definition) is 3. The summed E-state index contributed by atoms with van der Waals surface area (Å²) >= 11 is 2.16. The second-order valence-corrected chi connectivity index (χ2v) is 9.21. The fourth-order valence-electron chi connectivity index (χ4n) is 2.84. The fraction of sp³-hybridized carbons (Fsp3) is 0.562. The van der Waals surface area contributed by atoms with Crippen molar-refractivity contribution in [3.05, 3.63) is 27.8 Å². The predicted molar refractivity (Wildman–Crippen MR) is 101 cm³/mol. The van der Waals surface area contributed by atoms with E-state index in [0.717, 1.165) is 27.0 Å². The lowest BCUT2D eigenvalue weighted by Gasteiger charge is -2.24. The lowest BCUT2D eigenvalue weighted by Crippen LogP contribution is -2.41. The van der Waals surface area contributed by atoms with Gasteiger partial charge < -0.3 is 5.32 Å². The van der Waals surface area contributed by atoms with Crippen molar-refractivity contribution in [3.8, 4) is 0 Å². The van der Waals surface area contributed by atoms with Crippen molar-refractivity contribution >= 4 is 44.2 Å². The van der Waals surface area contributed by atoms with Crippen LogP contribution in [0.4, 0.5) is 5.69 Å². The molecule has 1 saturated carbocycles. The molecular weight excluding hydrogens is 427 g/mol. The van der Waals surface area contributed by atoms with Gasteiger partial charge in [0, 0.05) is 10.1 Å². The third kappa shape index (κ3) is 5.95. The molecule has 1 aromatic carbocycles. The molecule has 1 aliphatic carbocycles. The summed E-state index contributed by atoms with van der Waals surface area (Å²) in [5.41, 5.74) is 0.515. The molecule has 1 N–H and O–H groups in total. The van der Waals surface area contributed by atoms with Crippen LogP contribution in [-0.2, 0) is 14.8 Å². The first-order chi connectivity index (χ1) is 10.9. The highest BCUT2D eigenvalue weighted by Gasteiger charge is 2.21. The van der Waals surface area contributed by atoms with E-state index in [0.29, 0.717) is 18.2 Å². The number of nitrogens with zero attached hydrogens (tertiary/aromatic N) is 1. The van der Waals surface area contributed by atoms with Gasteiger partial charge in [0.15, 0.2) is 0 Å². The monoisotopic (exact) mass is 450 g/mol. The zero-order valence-corrected chi connectivity index (χ0v) is 16.3. The van der Waals surface area contributed by atoms with Gasteiger partial charge in [-0.2, -0.15) is 0 Å². The Kier molecular flexibility index (Phi) is 6.70. The van der Waals surface area contributed by atoms with Crippen molar-refractivity contribution in [3.63, 3.8) is 0 Å². The molecule has 1 aliphatic rings. The minimum atomic E-state index is -3.50. The quantitative estimate of drug-likeness (QED) is 0.678. The molecule has 7 heteroatoms. The smallest absolute Gasteiger partial charge is 0.240 e. The van der Waals surface area contributed by atoms with Crippen molar-refractivity contribution in [1.29, 1.82) is 0 Å². The molecule has 0 bridgehead atoms. The number of benzene rings is 1. The summed E-state index contributed by atoms with van der Waals surface area (Å²) in [6.45, 7) is 0.468. The first-order valence-corrected chi connectivity index (χ1v) is 10.8. The van der Waals surface area contributed by atoms with E-state index in [4.69, 9.17) is 0 Å². The number of carbonyl (C=O) groups excluding carboxylic acids is 1. The van der Waals surface area contributed by atoms with Gasteiger partial charge in [-0.15, -0.1) is 0 Å². The maximum Gasteiger partial charge on any atom is 0.240 e. The summed E-state index contributed by atoms with van der Waals surface area (Å²) < 4.78 is 26.2. The van der Waals surface area contributed by atoms with Gasteiger partial charge in [-0.3, -0.25) is 9.10 Å². The van der Waals surface area contributed by atoms with E-state index in [1.807, 2.05) is 12.1 Å². The Bertz CT molecular complexity index is 625. The molecule has 0 unspecified atom stereocenters. The maximum atomic E-state index is 12.2. The van der Waals surface area contributed by atoms with Crippen molar-refractivity contribution in [2.24, 2.45) is 5.92 Å². The highest BCUT2D eigenvalue weighted by atomic mass is 127. The Hall–Kier alpha value is -0.830. The van der Waals surface area contributed by atoms with Crippen molar-refractivity contribution in [2.75, 3.05) is 23.7 Å². The lowest BCUT2D eigenvalue weighted by molar-refractivity contribution is -0.119. The molecule has 0 spiro atoms. The van der Waals surface area contributed by atoms with Gasteiger partial charge in [0.2, 0.25) is 15.9 Å². The average molecular weight is 450 g/mol. The van der Waals surface area contributed by atoms with E-state index in [1.165, 1.54) is 19.3 Å². The minimum Gasteiger partial charge on any atom is -0.354 e. The zero-order chi connectivity index (χ0) is 16.9. The first kappa shape index (κ1) is 18.5. The maximum absolute atomic E-state index is 12.2. The predicted octanol–water partition coefficient (Wildman–Crippen LogP) is 2.75. The standard InChI is InChI=1S/C16H23IN2O3S/c1-23(21,22)19(15-9-7-14(17)8-10-15)12-16(20)18-11-13-5-3-2-4-6-13/h7-10,13H,2-6,11-12H2,1H3,(H,18,20). The Morgan fingerprint density at radius 3 is 2.39 bits per heavy atom. The summed E-state index contributed by atoms with van der Waals surface area (Å²) in [5.74, 6) is 0.275. The lowest BCUT2D eigenvalue weighted by atomic mass is 9.89. The van der Waals surface area contributed by atoms with Gasteiger partial charge in [-0.25, -0.2) is 8.42 Å². The van der Waals surface area contributed by atoms with Crippen molar-refractivity contribution in [2.45, 2.75) is 32.1 Å². The topological polar surface area (TPSA) is 66.5 Å². The van der Waals surface area contributed by atoms with Crippen LogP contribution in [0.2, 0.25) is 0 Å². The molecule has 0 aliphatic heterocycles. The Morgan fingerprint density at radius 2 is 1.83 bits per heavy atom. The van der Waals surface area contributed by atoms with E-state index in [-0.39, 0.29) is 12.5 Å². The summed E-state index contributed by atoms with van der Waals surface area (Å²) in [6.07, 6.45) is 7.14. The molecule has 0 radical (unpaired) electrons. The second-order valence-electron chi connectivity index (χ2n) is 6.05. The van der Waals surface area contributed by atoms with Gasteiger partial charge in [0.05, 0.1) is 11.9 Å². The van der Waals surface area contributed by atoms with Crippen LogP contribution in [0.1, 0.15) is 32.1 Å². The molecule has 2 rings (SSSR count). The van der Waals surface area contributed by atoms with E-state index in [9.17, 15) is 13.2 Å². The second kappa shape index (κ2) is 8.32. The molecule has 1 fully saturated rings. The van der Waals surface area contributed by atoms with Gasteiger partial charge in [-0.05, 0) is 65.6 Å². The molecule has 128 valence electrons. The van der Waals surface area contributed by atoms with Crippen LogP contribution >= 0.6 is 22.6 Å². The number of sulfonamides is 1. The number of nitrogens with one attached hydrogen (secondary N) is 1. The molecule has 0 aromatic heterocycles. The number of carbonyl (C=O) groups is 1. The normalized spacial score (nSPS) is 16.1. The van der Waals surface area contributed by atoms with E-state index < -0.39 is 10.0 Å². The van der Waals surface area contributed by atoms with Crippen LogP contribution in [0.25, 0.3) is 0 Å². The van der Waals surface area contributed by atoms with Crippen LogP contribution in [0.5, 0.6) is 0 Å². The molecule has 1 amide bonds. The van der Waals surface area contributed by atoms with Crippen molar-refractivity contribution in [1.82, 2.24) is 5.32 Å². The molecule has 0 atom stereocenters. The fourth-order valence-corrected chi connectivity index (χ4v) is 4.06. The van der Waals surface area contributed by atoms with Crippen LogP contribution < -0.4 is 9.62 Å². The highest BCUT2D eigenvalue weighted by Crippen LogP contribution is 2.23. The Labute approximate surface area is 152 Å². The largest absolute Gasteiger partial charge is 0.354 e. The highest BCUT2D eigenvalue weighted by molar-refractivity contribution is 14.1. The third-order valence-corrected chi connectivity index (χ3v) is 5.97. The zero-order valence-electron chi connectivity index (χ0n) is 13.3. The van der Waals surface area contributed by atoms with Crippen LogP contribution in [0.15, 0.2) is 24.3 Å². The van der Waals surface area contributed by atoms with Crippen LogP contribution in [-0.4, -0.2) is 33.7 Å². The summed E-state index contributed by atoms with van der Waals surface area (Å²) in [7, 11) is -3.50. The molecular formula is C16H23IN2O3S. The van der Waals surface area contributed by atoms with Gasteiger partial charge in [0.25, 0.3) is 0 Å². The molecule has 0 heterocycles. The third-order valence-electron chi connectivity index (χ3n) is 4.11. The number of anilines is 1. The molecule has 1 aromatic rings. The van der Waals surface area contributed by atoms with Crippen LogP contribution in [0.3, 0.4) is 0 Å².